The van der Waals surface area contributed by atoms with Gasteiger partial charge in [0.1, 0.15) is 23.2 Å². The van der Waals surface area contributed by atoms with Crippen LogP contribution in [0.25, 0.3) is 0 Å². The molecule has 0 saturated heterocycles. The predicted molar refractivity (Wildman–Crippen MR) is 58.0 cm³/mol. The Bertz CT molecular complexity index is 439. The predicted octanol–water partition coefficient (Wildman–Crippen LogP) is 2.06. The summed E-state index contributed by atoms with van der Waals surface area (Å²) in [6, 6.07) is 3.19. The van der Waals surface area contributed by atoms with Crippen LogP contribution in [-0.2, 0) is 4.74 Å². The Labute approximate surface area is 93.8 Å². The summed E-state index contributed by atoms with van der Waals surface area (Å²) in [5.74, 6) is 0.0394. The lowest BCUT2D eigenvalue weighted by Gasteiger charge is -2.28. The molecule has 1 aliphatic rings. The van der Waals surface area contributed by atoms with E-state index in [-0.39, 0.29) is 23.3 Å². The Balaban J connectivity index is 2.62. The van der Waals surface area contributed by atoms with E-state index in [9.17, 15) is 9.90 Å². The lowest BCUT2D eigenvalue weighted by Crippen LogP contribution is -2.28. The van der Waals surface area contributed by atoms with Gasteiger partial charge in [-0.05, 0) is 18.6 Å². The molecule has 86 valence electrons. The molecule has 0 fully saturated rings. The summed E-state index contributed by atoms with van der Waals surface area (Å²) in [7, 11) is 1.52. The highest BCUT2D eigenvalue weighted by atomic mass is 16.5. The Morgan fingerprint density at radius 3 is 2.69 bits per heavy atom. The average molecular weight is 222 g/mol. The zero-order chi connectivity index (χ0) is 11.9. The largest absolute Gasteiger partial charge is 0.507 e. The van der Waals surface area contributed by atoms with Crippen LogP contribution < -0.4 is 4.74 Å². The van der Waals surface area contributed by atoms with E-state index in [1.807, 2.05) is 13.8 Å². The van der Waals surface area contributed by atoms with Crippen LogP contribution in [0.15, 0.2) is 12.1 Å². The number of aromatic hydroxyl groups is 1. The summed E-state index contributed by atoms with van der Waals surface area (Å²) in [6.07, 6.45) is -0.188. The molecule has 2 rings (SSSR count). The smallest absolute Gasteiger partial charge is 0.342 e. The van der Waals surface area contributed by atoms with Crippen LogP contribution in [-0.4, -0.2) is 24.3 Å². The number of hydrogen-bond donors (Lipinski definition) is 1. The third kappa shape index (κ3) is 1.50. The third-order valence-corrected chi connectivity index (χ3v) is 3.05. The van der Waals surface area contributed by atoms with Crippen LogP contribution in [0.2, 0.25) is 0 Å². The number of methoxy groups -OCH3 is 1. The van der Waals surface area contributed by atoms with Gasteiger partial charge in [0, 0.05) is 12.0 Å². The van der Waals surface area contributed by atoms with Crippen LogP contribution in [0, 0.1) is 0 Å². The zero-order valence-corrected chi connectivity index (χ0v) is 9.48. The van der Waals surface area contributed by atoms with Crippen molar-refractivity contribution in [3.8, 4) is 11.5 Å². The summed E-state index contributed by atoms with van der Waals surface area (Å²) < 4.78 is 10.2. The second-order valence-electron chi connectivity index (χ2n) is 4.01. The zero-order valence-electron chi connectivity index (χ0n) is 9.48. The molecule has 16 heavy (non-hydrogen) atoms. The first-order valence-corrected chi connectivity index (χ1v) is 5.16. The van der Waals surface area contributed by atoms with Crippen LogP contribution in [0.4, 0.5) is 0 Å². The molecule has 1 aromatic carbocycles. The van der Waals surface area contributed by atoms with Gasteiger partial charge in [-0.25, -0.2) is 4.79 Å². The Morgan fingerprint density at radius 2 is 2.06 bits per heavy atom. The summed E-state index contributed by atoms with van der Waals surface area (Å²) in [4.78, 5) is 11.6. The van der Waals surface area contributed by atoms with Crippen molar-refractivity contribution < 1.29 is 19.4 Å². The van der Waals surface area contributed by atoms with Crippen molar-refractivity contribution >= 4 is 5.97 Å². The lowest BCUT2D eigenvalue weighted by atomic mass is 9.88. The van der Waals surface area contributed by atoms with Gasteiger partial charge in [-0.1, -0.05) is 6.92 Å². The lowest BCUT2D eigenvalue weighted by molar-refractivity contribution is 0.0236. The highest BCUT2D eigenvalue weighted by Crippen LogP contribution is 2.38. The second kappa shape index (κ2) is 3.70. The van der Waals surface area contributed by atoms with Gasteiger partial charge in [-0.2, -0.15) is 0 Å². The number of phenolic OH excluding ortho intramolecular Hbond substituents is 1. The molecule has 1 heterocycles. The molecule has 4 nitrogen and oxygen atoms in total. The molecular weight excluding hydrogens is 208 g/mol. The monoisotopic (exact) mass is 222 g/mol. The van der Waals surface area contributed by atoms with Crippen molar-refractivity contribution in [2.45, 2.75) is 25.9 Å². The van der Waals surface area contributed by atoms with Gasteiger partial charge >= 0.3 is 5.97 Å². The molecular formula is C12H14O4. The normalized spacial score (nSPS) is 23.6. The van der Waals surface area contributed by atoms with Crippen molar-refractivity contribution in [2.24, 2.45) is 0 Å². The van der Waals surface area contributed by atoms with Crippen molar-refractivity contribution in [2.75, 3.05) is 7.11 Å². The second-order valence-corrected chi connectivity index (χ2v) is 4.01. The van der Waals surface area contributed by atoms with Gasteiger partial charge in [0.2, 0.25) is 0 Å². The van der Waals surface area contributed by atoms with Crippen molar-refractivity contribution in [1.82, 2.24) is 0 Å². The number of ether oxygens (including phenoxy) is 2. The molecule has 0 bridgehead atoms. The Hall–Kier alpha value is -1.71. The molecule has 0 saturated carbocycles. The fourth-order valence-corrected chi connectivity index (χ4v) is 1.90. The fourth-order valence-electron chi connectivity index (χ4n) is 1.90. The van der Waals surface area contributed by atoms with E-state index in [4.69, 9.17) is 9.47 Å². The molecule has 0 amide bonds. The summed E-state index contributed by atoms with van der Waals surface area (Å²) in [5, 5.41) is 9.76. The maximum absolute atomic E-state index is 11.6. The molecule has 1 aliphatic heterocycles. The molecule has 2 unspecified atom stereocenters. The van der Waals surface area contributed by atoms with Crippen LogP contribution >= 0.6 is 0 Å². The van der Waals surface area contributed by atoms with Crippen molar-refractivity contribution in [1.29, 1.82) is 0 Å². The van der Waals surface area contributed by atoms with E-state index in [2.05, 4.69) is 0 Å². The highest BCUT2D eigenvalue weighted by molar-refractivity contribution is 5.95. The fraction of sp³-hybridized carbons (Fsp3) is 0.417. The number of carbonyl (C=O) groups excluding carboxylic acids is 1. The number of cyclic esters (lactones) is 1. The minimum absolute atomic E-state index is 0.0497. The first kappa shape index (κ1) is 10.8. The molecule has 4 heteroatoms. The first-order valence-electron chi connectivity index (χ1n) is 5.16. The van der Waals surface area contributed by atoms with Gasteiger partial charge in [0.05, 0.1) is 7.11 Å². The van der Waals surface area contributed by atoms with Gasteiger partial charge in [-0.3, -0.25) is 0 Å². The van der Waals surface area contributed by atoms with Gasteiger partial charge in [-0.15, -0.1) is 0 Å². The number of phenols is 1. The Morgan fingerprint density at radius 1 is 1.38 bits per heavy atom. The Kier molecular flexibility index (Phi) is 2.50. The topological polar surface area (TPSA) is 55.8 Å². The maximum atomic E-state index is 11.6. The minimum Gasteiger partial charge on any atom is -0.507 e. The number of carbonyl (C=O) groups is 1. The molecule has 1 aromatic rings. The maximum Gasteiger partial charge on any atom is 0.342 e. The van der Waals surface area contributed by atoms with Gasteiger partial charge in [0.15, 0.2) is 0 Å². The SMILES string of the molecule is COc1cc(O)c2c(c1)C(C)C(C)OC2=O. The minimum atomic E-state index is -0.472. The molecule has 0 aliphatic carbocycles. The van der Waals surface area contributed by atoms with E-state index in [0.29, 0.717) is 5.75 Å². The van der Waals surface area contributed by atoms with E-state index >= 15 is 0 Å². The standard InChI is InChI=1S/C12H14O4/c1-6-7(2)16-12(14)11-9(6)4-8(15-3)5-10(11)13/h4-7,13H,1-3H3. The van der Waals surface area contributed by atoms with Crippen LogP contribution in [0.1, 0.15) is 35.7 Å². The van der Waals surface area contributed by atoms with E-state index in [1.54, 1.807) is 6.07 Å². The summed E-state index contributed by atoms with van der Waals surface area (Å²) in [6.45, 7) is 3.79. The van der Waals surface area contributed by atoms with Crippen LogP contribution in [0.3, 0.4) is 0 Å². The molecule has 0 aromatic heterocycles. The van der Waals surface area contributed by atoms with E-state index < -0.39 is 5.97 Å². The quantitative estimate of drug-likeness (QED) is 0.739. The first-order chi connectivity index (χ1) is 7.54. The number of rotatable bonds is 1. The summed E-state index contributed by atoms with van der Waals surface area (Å²) >= 11 is 0. The molecule has 1 N–H and O–H groups in total. The number of benzene rings is 1. The van der Waals surface area contributed by atoms with Gasteiger partial charge in [0.25, 0.3) is 0 Å². The summed E-state index contributed by atoms with van der Waals surface area (Å²) in [5.41, 5.74) is 1.03. The number of hydrogen-bond acceptors (Lipinski definition) is 4. The number of fused-ring (bicyclic) bond motifs is 1. The van der Waals surface area contributed by atoms with Gasteiger partial charge < -0.3 is 14.6 Å². The third-order valence-electron chi connectivity index (χ3n) is 3.05. The molecule has 2 atom stereocenters. The number of esters is 1. The average Bonchev–Trinajstić information content (AvgIpc) is 2.24. The van der Waals surface area contributed by atoms with Crippen molar-refractivity contribution in [3.63, 3.8) is 0 Å². The van der Waals surface area contributed by atoms with E-state index in [1.165, 1.54) is 13.2 Å². The molecule has 0 spiro atoms. The highest BCUT2D eigenvalue weighted by Gasteiger charge is 2.32. The van der Waals surface area contributed by atoms with Crippen LogP contribution in [0.5, 0.6) is 11.5 Å². The van der Waals surface area contributed by atoms with E-state index in [0.717, 1.165) is 5.56 Å². The van der Waals surface area contributed by atoms with Crippen molar-refractivity contribution in [3.05, 3.63) is 23.3 Å². The molecule has 0 radical (unpaired) electrons.